The van der Waals surface area contributed by atoms with Crippen LogP contribution >= 0.6 is 0 Å². The van der Waals surface area contributed by atoms with Crippen LogP contribution in [0.25, 0.3) is 0 Å². The Labute approximate surface area is 151 Å². The van der Waals surface area contributed by atoms with E-state index in [1.54, 1.807) is 48.5 Å². The number of nitrogens with one attached hydrogen (secondary N) is 2. The van der Waals surface area contributed by atoms with Gasteiger partial charge in [-0.2, -0.15) is 5.26 Å². The number of rotatable bonds is 7. The van der Waals surface area contributed by atoms with Crippen LogP contribution in [0.1, 0.15) is 22.3 Å². The first-order chi connectivity index (χ1) is 12.6. The molecule has 26 heavy (non-hydrogen) atoms. The maximum atomic E-state index is 12.5. The van der Waals surface area contributed by atoms with Gasteiger partial charge in [-0.15, -0.1) is 0 Å². The van der Waals surface area contributed by atoms with Gasteiger partial charge in [0.05, 0.1) is 20.3 Å². The quantitative estimate of drug-likeness (QED) is 0.796. The summed E-state index contributed by atoms with van der Waals surface area (Å²) in [5.74, 6) is 0.178. The van der Waals surface area contributed by atoms with Crippen LogP contribution in [0, 0.1) is 11.3 Å². The molecular formula is C19H19N3O4. The summed E-state index contributed by atoms with van der Waals surface area (Å²) in [7, 11) is 2.98. The fraction of sp³-hybridized carbons (Fsp3) is 0.211. The second-order valence-corrected chi connectivity index (χ2v) is 5.30. The summed E-state index contributed by atoms with van der Waals surface area (Å²) in [5.41, 5.74) is 1.77. The van der Waals surface area contributed by atoms with Gasteiger partial charge < -0.3 is 20.1 Å². The molecule has 0 heterocycles. The summed E-state index contributed by atoms with van der Waals surface area (Å²) in [6.07, 6.45) is -0.196. The Morgan fingerprint density at radius 3 is 2.19 bits per heavy atom. The van der Waals surface area contributed by atoms with E-state index in [-0.39, 0.29) is 18.2 Å². The minimum absolute atomic E-state index is 0.196. The zero-order valence-electron chi connectivity index (χ0n) is 14.5. The summed E-state index contributed by atoms with van der Waals surface area (Å²) in [4.78, 5) is 23.9. The maximum Gasteiger partial charge on any atom is 0.259 e. The molecule has 2 amide bonds. The number of ether oxygens (including phenoxy) is 2. The third-order valence-corrected chi connectivity index (χ3v) is 3.59. The van der Waals surface area contributed by atoms with Crippen molar-refractivity contribution < 1.29 is 19.1 Å². The number of methoxy groups -OCH3 is 2. The van der Waals surface area contributed by atoms with Gasteiger partial charge in [0.25, 0.3) is 5.91 Å². The van der Waals surface area contributed by atoms with Gasteiger partial charge in [-0.05, 0) is 29.8 Å². The summed E-state index contributed by atoms with van der Waals surface area (Å²) >= 11 is 0. The van der Waals surface area contributed by atoms with Crippen molar-refractivity contribution in [1.29, 1.82) is 5.26 Å². The molecule has 0 saturated heterocycles. The molecule has 0 saturated carbocycles. The van der Waals surface area contributed by atoms with Crippen molar-refractivity contribution in [2.45, 2.75) is 13.0 Å². The van der Waals surface area contributed by atoms with Crippen LogP contribution in [-0.2, 0) is 11.3 Å². The van der Waals surface area contributed by atoms with Gasteiger partial charge in [-0.25, -0.2) is 0 Å². The van der Waals surface area contributed by atoms with E-state index in [0.29, 0.717) is 29.3 Å². The van der Waals surface area contributed by atoms with Crippen molar-refractivity contribution in [1.82, 2.24) is 5.32 Å². The Bertz CT molecular complexity index is 803. The summed E-state index contributed by atoms with van der Waals surface area (Å²) in [5, 5.41) is 13.9. The lowest BCUT2D eigenvalue weighted by Gasteiger charge is -2.13. The molecule has 0 aliphatic heterocycles. The van der Waals surface area contributed by atoms with E-state index in [2.05, 4.69) is 10.6 Å². The predicted molar refractivity (Wildman–Crippen MR) is 96.0 cm³/mol. The third kappa shape index (κ3) is 4.74. The van der Waals surface area contributed by atoms with Crippen LogP contribution in [0.4, 0.5) is 5.69 Å². The van der Waals surface area contributed by atoms with Gasteiger partial charge in [-0.3, -0.25) is 9.59 Å². The highest BCUT2D eigenvalue weighted by Crippen LogP contribution is 2.28. The summed E-state index contributed by atoms with van der Waals surface area (Å²) in [6, 6.07) is 13.9. The number of hydrogen-bond acceptors (Lipinski definition) is 5. The van der Waals surface area contributed by atoms with E-state index < -0.39 is 0 Å². The zero-order valence-corrected chi connectivity index (χ0v) is 14.5. The minimum Gasteiger partial charge on any atom is -0.496 e. The second kappa shape index (κ2) is 9.08. The van der Waals surface area contributed by atoms with Crippen molar-refractivity contribution >= 4 is 17.5 Å². The first-order valence-corrected chi connectivity index (χ1v) is 7.84. The number of carbonyl (C=O) groups excluding carboxylic acids is 2. The lowest BCUT2D eigenvalue weighted by molar-refractivity contribution is -0.115. The zero-order chi connectivity index (χ0) is 18.9. The molecule has 0 aliphatic carbocycles. The molecule has 2 rings (SSSR count). The highest BCUT2D eigenvalue weighted by atomic mass is 16.5. The monoisotopic (exact) mass is 353 g/mol. The molecule has 0 bridgehead atoms. The van der Waals surface area contributed by atoms with Crippen molar-refractivity contribution in [3.8, 4) is 17.6 Å². The fourth-order valence-corrected chi connectivity index (χ4v) is 2.33. The van der Waals surface area contributed by atoms with Crippen LogP contribution in [0.3, 0.4) is 0 Å². The number of benzene rings is 2. The van der Waals surface area contributed by atoms with Crippen molar-refractivity contribution in [3.63, 3.8) is 0 Å². The Morgan fingerprint density at radius 1 is 1.04 bits per heavy atom. The Balaban J connectivity index is 2.02. The maximum absolute atomic E-state index is 12.5. The average molecular weight is 353 g/mol. The van der Waals surface area contributed by atoms with E-state index in [9.17, 15) is 9.59 Å². The van der Waals surface area contributed by atoms with E-state index in [1.165, 1.54) is 14.2 Å². The molecule has 0 radical (unpaired) electrons. The smallest absolute Gasteiger partial charge is 0.259 e. The number of carbonyl (C=O) groups is 2. The molecule has 0 spiro atoms. The molecule has 2 aromatic rings. The van der Waals surface area contributed by atoms with Gasteiger partial charge in [0.1, 0.15) is 23.5 Å². The van der Waals surface area contributed by atoms with Crippen LogP contribution in [0.15, 0.2) is 42.5 Å². The van der Waals surface area contributed by atoms with Crippen LogP contribution < -0.4 is 20.1 Å². The molecule has 2 N–H and O–H groups in total. The van der Waals surface area contributed by atoms with Crippen LogP contribution in [0.5, 0.6) is 11.5 Å². The molecule has 7 nitrogen and oxygen atoms in total. The third-order valence-electron chi connectivity index (χ3n) is 3.59. The lowest BCUT2D eigenvalue weighted by Crippen LogP contribution is -2.24. The molecule has 0 unspecified atom stereocenters. The first-order valence-electron chi connectivity index (χ1n) is 7.84. The normalized spacial score (nSPS) is 9.73. The number of amides is 2. The number of nitrogens with zero attached hydrogens (tertiary/aromatic N) is 1. The van der Waals surface area contributed by atoms with Crippen molar-refractivity contribution in [2.75, 3.05) is 19.5 Å². The van der Waals surface area contributed by atoms with E-state index in [4.69, 9.17) is 14.7 Å². The topological polar surface area (TPSA) is 100 Å². The average Bonchev–Trinajstić information content (AvgIpc) is 2.66. The highest BCUT2D eigenvalue weighted by molar-refractivity contribution is 5.99. The van der Waals surface area contributed by atoms with Crippen molar-refractivity contribution in [3.05, 3.63) is 53.6 Å². The molecular weight excluding hydrogens is 334 g/mol. The number of hydrogen-bond donors (Lipinski definition) is 2. The first kappa shape index (κ1) is 18.8. The minimum atomic E-state index is -0.364. The molecule has 134 valence electrons. The molecule has 0 fully saturated rings. The van der Waals surface area contributed by atoms with Crippen molar-refractivity contribution in [2.24, 2.45) is 0 Å². The van der Waals surface area contributed by atoms with E-state index in [0.717, 1.165) is 5.56 Å². The highest BCUT2D eigenvalue weighted by Gasteiger charge is 2.17. The van der Waals surface area contributed by atoms with Gasteiger partial charge in [0.15, 0.2) is 0 Å². The standard InChI is InChI=1S/C19H19N3O4/c1-25-15-4-3-5-16(26-2)18(15)19(24)21-12-13-6-8-14(9-7-13)22-17(23)10-11-20/h3-9H,10,12H2,1-2H3,(H,21,24)(H,22,23). The molecule has 0 atom stereocenters. The summed E-state index contributed by atoms with van der Waals surface area (Å²) < 4.78 is 10.5. The molecule has 2 aromatic carbocycles. The van der Waals surface area contributed by atoms with Crippen LogP contribution in [0.2, 0.25) is 0 Å². The Kier molecular flexibility index (Phi) is 6.57. The fourth-order valence-electron chi connectivity index (χ4n) is 2.33. The van der Waals surface area contributed by atoms with E-state index >= 15 is 0 Å². The van der Waals surface area contributed by atoms with Gasteiger partial charge in [-0.1, -0.05) is 18.2 Å². The largest absolute Gasteiger partial charge is 0.496 e. The number of nitriles is 1. The molecule has 7 heteroatoms. The van der Waals surface area contributed by atoms with Gasteiger partial charge >= 0.3 is 0 Å². The van der Waals surface area contributed by atoms with Gasteiger partial charge in [0.2, 0.25) is 5.91 Å². The predicted octanol–water partition coefficient (Wildman–Crippen LogP) is 2.49. The van der Waals surface area contributed by atoms with E-state index in [1.807, 2.05) is 0 Å². The second-order valence-electron chi connectivity index (χ2n) is 5.30. The molecule has 0 aliphatic rings. The Morgan fingerprint density at radius 2 is 1.65 bits per heavy atom. The number of anilines is 1. The van der Waals surface area contributed by atoms with Gasteiger partial charge in [0, 0.05) is 12.2 Å². The van der Waals surface area contributed by atoms with Crippen LogP contribution in [-0.4, -0.2) is 26.0 Å². The molecule has 0 aromatic heterocycles. The summed E-state index contributed by atoms with van der Waals surface area (Å²) in [6.45, 7) is 0.298. The Hall–Kier alpha value is -3.53. The lowest BCUT2D eigenvalue weighted by atomic mass is 10.1. The SMILES string of the molecule is COc1cccc(OC)c1C(=O)NCc1ccc(NC(=O)CC#N)cc1.